The van der Waals surface area contributed by atoms with Crippen LogP contribution in [0.15, 0.2) is 48.7 Å². The van der Waals surface area contributed by atoms with Gasteiger partial charge in [-0.2, -0.15) is 13.2 Å². The molecule has 1 aliphatic rings. The maximum absolute atomic E-state index is 13.5. The predicted octanol–water partition coefficient (Wildman–Crippen LogP) is 4.66. The zero-order valence-corrected chi connectivity index (χ0v) is 17.1. The van der Waals surface area contributed by atoms with Gasteiger partial charge in [-0.3, -0.25) is 9.78 Å². The Bertz CT molecular complexity index is 1040. The Hall–Kier alpha value is -3.50. The Labute approximate surface area is 185 Å². The number of amides is 1. The highest BCUT2D eigenvalue weighted by atomic mass is 19.4. The number of carboxylic acid groups (broad SMARTS) is 1. The molecule has 0 saturated carbocycles. The topological polar surface area (TPSA) is 79.7 Å². The van der Waals surface area contributed by atoms with Gasteiger partial charge < -0.3 is 14.7 Å². The largest absolute Gasteiger partial charge is 0.489 e. The van der Waals surface area contributed by atoms with Gasteiger partial charge in [0.1, 0.15) is 12.4 Å². The van der Waals surface area contributed by atoms with E-state index in [4.69, 9.17) is 9.84 Å². The molecule has 1 fully saturated rings. The highest BCUT2D eigenvalue weighted by Gasteiger charge is 2.36. The summed E-state index contributed by atoms with van der Waals surface area (Å²) < 4.78 is 72.1. The maximum Gasteiger partial charge on any atom is 0.419 e. The second-order valence-electron chi connectivity index (χ2n) is 7.34. The third kappa shape index (κ3) is 6.27. The van der Waals surface area contributed by atoms with Gasteiger partial charge in [0.2, 0.25) is 0 Å². The van der Waals surface area contributed by atoms with Gasteiger partial charge in [-0.15, -0.1) is 0 Å². The van der Waals surface area contributed by atoms with Gasteiger partial charge in [-0.1, -0.05) is 0 Å². The minimum atomic E-state index is -4.74. The normalized spacial score (nSPS) is 16.1. The van der Waals surface area contributed by atoms with E-state index in [1.165, 1.54) is 29.3 Å². The monoisotopic (exact) mass is 470 g/mol. The summed E-state index contributed by atoms with van der Waals surface area (Å²) in [6, 6.07) is 6.04. The van der Waals surface area contributed by atoms with Crippen molar-refractivity contribution in [2.24, 2.45) is 0 Å². The number of carboxylic acids is 1. The van der Waals surface area contributed by atoms with Crippen molar-refractivity contribution in [3.8, 4) is 17.0 Å². The summed E-state index contributed by atoms with van der Waals surface area (Å²) in [5.74, 6) is -5.00. The van der Waals surface area contributed by atoms with E-state index in [-0.39, 0.29) is 36.5 Å². The zero-order chi connectivity index (χ0) is 24.2. The van der Waals surface area contributed by atoms with Crippen molar-refractivity contribution in [1.82, 2.24) is 9.88 Å². The Morgan fingerprint density at radius 1 is 1.15 bits per heavy atom. The molecule has 0 aliphatic carbocycles. The van der Waals surface area contributed by atoms with Crippen LogP contribution in [0.2, 0.25) is 0 Å². The van der Waals surface area contributed by atoms with E-state index >= 15 is 0 Å². The molecule has 11 heteroatoms. The Balaban J connectivity index is 1.77. The van der Waals surface area contributed by atoms with Gasteiger partial charge in [0.05, 0.1) is 16.8 Å². The number of hydrogen-bond acceptors (Lipinski definition) is 4. The molecule has 0 spiro atoms. The van der Waals surface area contributed by atoms with E-state index in [0.717, 1.165) is 24.3 Å². The third-order valence-electron chi connectivity index (χ3n) is 4.97. The molecule has 1 aliphatic heterocycles. The summed E-state index contributed by atoms with van der Waals surface area (Å²) in [7, 11) is 0. The number of alkyl halides is 5. The number of rotatable bonds is 6. The van der Waals surface area contributed by atoms with Crippen LogP contribution in [0.5, 0.6) is 5.75 Å². The Morgan fingerprint density at radius 3 is 2.42 bits per heavy atom. The molecule has 0 bridgehead atoms. The van der Waals surface area contributed by atoms with Crippen molar-refractivity contribution in [2.75, 3.05) is 19.7 Å². The number of pyridine rings is 1. The quantitative estimate of drug-likeness (QED) is 0.491. The lowest BCUT2D eigenvalue weighted by Gasteiger charge is -2.31. The number of aromatic nitrogens is 1. The summed E-state index contributed by atoms with van der Waals surface area (Å²) in [5.41, 5.74) is -0.642. The molecule has 0 atom stereocenters. The first kappa shape index (κ1) is 24.1. The van der Waals surface area contributed by atoms with E-state index in [2.05, 4.69) is 4.98 Å². The molecule has 2 heterocycles. The molecule has 1 amide bonds. The predicted molar refractivity (Wildman–Crippen MR) is 107 cm³/mol. The summed E-state index contributed by atoms with van der Waals surface area (Å²) in [6.07, 6.45) is -2.58. The first-order valence-corrected chi connectivity index (χ1v) is 9.83. The fourth-order valence-corrected chi connectivity index (χ4v) is 3.23. The summed E-state index contributed by atoms with van der Waals surface area (Å²) in [5, 5.41) is 8.52. The molecule has 176 valence electrons. The molecular formula is C22H19F5N2O4. The van der Waals surface area contributed by atoms with Crippen LogP contribution in [0.1, 0.15) is 28.8 Å². The van der Waals surface area contributed by atoms with Crippen molar-refractivity contribution >= 4 is 11.9 Å². The van der Waals surface area contributed by atoms with Gasteiger partial charge in [-0.25, -0.2) is 13.6 Å². The van der Waals surface area contributed by atoms with Crippen molar-refractivity contribution < 1.29 is 41.4 Å². The zero-order valence-electron chi connectivity index (χ0n) is 17.1. The first-order chi connectivity index (χ1) is 15.5. The molecule has 2 aromatic rings. The highest BCUT2D eigenvalue weighted by Crippen LogP contribution is 2.38. The summed E-state index contributed by atoms with van der Waals surface area (Å²) in [6.45, 7) is -0.552. The number of likely N-dealkylation sites (tertiary alicyclic amines) is 1. The fraction of sp³-hybridized carbons (Fsp3) is 0.318. The van der Waals surface area contributed by atoms with Crippen molar-refractivity contribution in [3.05, 3.63) is 59.8 Å². The lowest BCUT2D eigenvalue weighted by atomic mass is 10.0. The van der Waals surface area contributed by atoms with E-state index in [1.807, 2.05) is 0 Å². The van der Waals surface area contributed by atoms with Crippen LogP contribution in [0.4, 0.5) is 22.0 Å². The van der Waals surface area contributed by atoms with Crippen LogP contribution in [-0.2, 0) is 11.0 Å². The summed E-state index contributed by atoms with van der Waals surface area (Å²) >= 11 is 0. The van der Waals surface area contributed by atoms with Crippen molar-refractivity contribution in [2.45, 2.75) is 24.9 Å². The van der Waals surface area contributed by atoms with Gasteiger partial charge in [0, 0.05) is 43.8 Å². The number of aliphatic carboxylic acids is 1. The average Bonchev–Trinajstić information content (AvgIpc) is 2.75. The van der Waals surface area contributed by atoms with Crippen LogP contribution in [0.3, 0.4) is 0 Å². The second-order valence-corrected chi connectivity index (χ2v) is 7.34. The van der Waals surface area contributed by atoms with E-state index < -0.39 is 48.1 Å². The molecule has 33 heavy (non-hydrogen) atoms. The van der Waals surface area contributed by atoms with E-state index in [9.17, 15) is 31.5 Å². The van der Waals surface area contributed by atoms with Crippen molar-refractivity contribution in [1.29, 1.82) is 0 Å². The molecule has 0 unspecified atom stereocenters. The number of piperidine rings is 1. The molecular weight excluding hydrogens is 451 g/mol. The van der Waals surface area contributed by atoms with Crippen LogP contribution in [-0.4, -0.2) is 52.5 Å². The average molecular weight is 470 g/mol. The van der Waals surface area contributed by atoms with Crippen LogP contribution in [0.25, 0.3) is 11.3 Å². The van der Waals surface area contributed by atoms with Gasteiger partial charge in [0.15, 0.2) is 0 Å². The van der Waals surface area contributed by atoms with Crippen LogP contribution in [0, 0.1) is 0 Å². The number of hydrogen-bond donors (Lipinski definition) is 1. The standard InChI is InChI=1S/C22H19F5N2O4/c23-21(24)7-9-29(10-8-21)20(32)15-3-5-17(28-13-15)14-4-6-18(16(12-14)22(25,26)27)33-11-1-2-19(30)31/h1-6,12-13H,7-11H2,(H,30,31)/b2-1+. The molecule has 0 radical (unpaired) electrons. The van der Waals surface area contributed by atoms with E-state index in [1.54, 1.807) is 0 Å². The number of ether oxygens (including phenoxy) is 1. The second kappa shape index (κ2) is 9.55. The Kier molecular flexibility index (Phi) is 6.99. The fourth-order valence-electron chi connectivity index (χ4n) is 3.23. The van der Waals surface area contributed by atoms with E-state index in [0.29, 0.717) is 0 Å². The molecule has 6 nitrogen and oxygen atoms in total. The SMILES string of the molecule is O=C(O)/C=C/COc1ccc(-c2ccc(C(=O)N3CCC(F)(F)CC3)cn2)cc1C(F)(F)F. The molecule has 3 rings (SSSR count). The lowest BCUT2D eigenvalue weighted by molar-refractivity contribution is -0.139. The number of nitrogens with zero attached hydrogens (tertiary/aromatic N) is 2. The van der Waals surface area contributed by atoms with Crippen LogP contribution >= 0.6 is 0 Å². The molecule has 1 N–H and O–H groups in total. The lowest BCUT2D eigenvalue weighted by Crippen LogP contribution is -2.42. The van der Waals surface area contributed by atoms with Gasteiger partial charge in [0.25, 0.3) is 11.8 Å². The van der Waals surface area contributed by atoms with Crippen LogP contribution < -0.4 is 4.74 Å². The molecule has 1 aromatic carbocycles. The van der Waals surface area contributed by atoms with Gasteiger partial charge >= 0.3 is 12.1 Å². The molecule has 1 aromatic heterocycles. The maximum atomic E-state index is 13.5. The minimum absolute atomic E-state index is 0.0916. The number of halogens is 5. The highest BCUT2D eigenvalue weighted by molar-refractivity contribution is 5.94. The number of carbonyl (C=O) groups is 2. The summed E-state index contributed by atoms with van der Waals surface area (Å²) in [4.78, 5) is 28.3. The first-order valence-electron chi connectivity index (χ1n) is 9.83. The number of benzene rings is 1. The number of carbonyl (C=O) groups excluding carboxylic acids is 1. The van der Waals surface area contributed by atoms with Gasteiger partial charge in [-0.05, 0) is 36.4 Å². The third-order valence-corrected chi connectivity index (χ3v) is 4.97. The Morgan fingerprint density at radius 2 is 1.85 bits per heavy atom. The minimum Gasteiger partial charge on any atom is -0.489 e. The molecule has 1 saturated heterocycles. The van der Waals surface area contributed by atoms with Crippen molar-refractivity contribution in [3.63, 3.8) is 0 Å². The smallest absolute Gasteiger partial charge is 0.419 e.